The lowest BCUT2D eigenvalue weighted by atomic mass is 10.3. The van der Waals surface area contributed by atoms with Crippen molar-refractivity contribution in [1.82, 2.24) is 9.38 Å². The third-order valence-corrected chi connectivity index (χ3v) is 3.94. The predicted molar refractivity (Wildman–Crippen MR) is 65.5 cm³/mol. The molecule has 90 valence electrons. The molecule has 1 N–H and O–H groups in total. The molecular formula is C10H12N4O2S. The van der Waals surface area contributed by atoms with Gasteiger partial charge in [0.25, 0.3) is 4.96 Å². The van der Waals surface area contributed by atoms with E-state index in [4.69, 9.17) is 0 Å². The number of aromatic nitrogens is 2. The Morgan fingerprint density at radius 2 is 2.59 bits per heavy atom. The molecule has 2 aromatic rings. The minimum Gasteiger partial charge on any atom is -0.360 e. The Hall–Kier alpha value is -1.63. The summed E-state index contributed by atoms with van der Waals surface area (Å²) in [7, 11) is 0. The van der Waals surface area contributed by atoms with Crippen molar-refractivity contribution in [2.24, 2.45) is 5.92 Å². The fourth-order valence-electron chi connectivity index (χ4n) is 2.10. The van der Waals surface area contributed by atoms with E-state index in [2.05, 4.69) is 17.2 Å². The van der Waals surface area contributed by atoms with E-state index in [1.165, 1.54) is 15.7 Å². The van der Waals surface area contributed by atoms with Crippen LogP contribution in [0, 0.1) is 16.0 Å². The summed E-state index contributed by atoms with van der Waals surface area (Å²) in [5.41, 5.74) is 0. The summed E-state index contributed by atoms with van der Waals surface area (Å²) in [4.78, 5) is 15.6. The highest BCUT2D eigenvalue weighted by atomic mass is 32.1. The number of fused-ring (bicyclic) bond motifs is 1. The molecule has 2 atom stereocenters. The number of hydrogen-bond acceptors (Lipinski definition) is 5. The number of thiazole rings is 1. The van der Waals surface area contributed by atoms with Gasteiger partial charge in [0.05, 0.1) is 0 Å². The standard InChI is InChI=1S/C10H12N4O2S/c1-2-6-5-7(6)11-8-9(14(15)16)13-3-4-17-10(13)12-8/h3-4,6-7,11H,2,5H2,1H3. The van der Waals surface area contributed by atoms with Gasteiger partial charge in [-0.25, -0.2) is 0 Å². The molecule has 0 aromatic carbocycles. The van der Waals surface area contributed by atoms with Crippen LogP contribution in [0.4, 0.5) is 11.6 Å². The molecule has 2 aromatic heterocycles. The number of nitrogens with one attached hydrogen (secondary N) is 1. The summed E-state index contributed by atoms with van der Waals surface area (Å²) >= 11 is 1.40. The van der Waals surface area contributed by atoms with Gasteiger partial charge in [-0.2, -0.15) is 9.38 Å². The maximum Gasteiger partial charge on any atom is 0.372 e. The van der Waals surface area contributed by atoms with Crippen LogP contribution in [0.2, 0.25) is 0 Å². The number of anilines is 1. The first-order valence-corrected chi connectivity index (χ1v) is 6.45. The van der Waals surface area contributed by atoms with Gasteiger partial charge in [0.15, 0.2) is 0 Å². The molecule has 17 heavy (non-hydrogen) atoms. The Morgan fingerprint density at radius 1 is 1.76 bits per heavy atom. The molecule has 7 heteroatoms. The third-order valence-electron chi connectivity index (χ3n) is 3.18. The zero-order valence-corrected chi connectivity index (χ0v) is 10.1. The lowest BCUT2D eigenvalue weighted by Crippen LogP contribution is -2.07. The van der Waals surface area contributed by atoms with Crippen molar-refractivity contribution in [3.63, 3.8) is 0 Å². The van der Waals surface area contributed by atoms with Crippen molar-refractivity contribution in [1.29, 1.82) is 0 Å². The van der Waals surface area contributed by atoms with Gasteiger partial charge in [0, 0.05) is 11.4 Å². The Kier molecular flexibility index (Phi) is 2.29. The Labute approximate surface area is 101 Å². The van der Waals surface area contributed by atoms with E-state index in [1.54, 1.807) is 11.6 Å². The average molecular weight is 252 g/mol. The summed E-state index contributed by atoms with van der Waals surface area (Å²) in [6.45, 7) is 2.13. The lowest BCUT2D eigenvalue weighted by molar-refractivity contribution is -0.389. The van der Waals surface area contributed by atoms with Crippen LogP contribution in [-0.2, 0) is 0 Å². The molecular weight excluding hydrogens is 240 g/mol. The van der Waals surface area contributed by atoms with Gasteiger partial charge in [-0.3, -0.25) is 0 Å². The van der Waals surface area contributed by atoms with E-state index in [1.807, 2.05) is 0 Å². The number of nitrogens with zero attached hydrogens (tertiary/aromatic N) is 3. The molecule has 6 nitrogen and oxygen atoms in total. The van der Waals surface area contributed by atoms with Crippen LogP contribution in [0.25, 0.3) is 4.96 Å². The molecule has 0 spiro atoms. The highest BCUT2D eigenvalue weighted by Crippen LogP contribution is 2.38. The third kappa shape index (κ3) is 1.66. The number of imidazole rings is 1. The van der Waals surface area contributed by atoms with Gasteiger partial charge in [-0.05, 0) is 17.3 Å². The topological polar surface area (TPSA) is 72.5 Å². The highest BCUT2D eigenvalue weighted by Gasteiger charge is 2.38. The first kappa shape index (κ1) is 10.5. The Bertz CT molecular complexity index is 576. The van der Waals surface area contributed by atoms with Crippen LogP contribution >= 0.6 is 11.3 Å². The van der Waals surface area contributed by atoms with Gasteiger partial charge in [-0.1, -0.05) is 24.7 Å². The monoisotopic (exact) mass is 252 g/mol. The predicted octanol–water partition coefficient (Wildman–Crippen LogP) is 2.51. The molecule has 1 aliphatic rings. The van der Waals surface area contributed by atoms with Crippen molar-refractivity contribution in [3.8, 4) is 0 Å². The summed E-state index contributed by atoms with van der Waals surface area (Å²) in [6, 6.07) is 0.350. The summed E-state index contributed by atoms with van der Waals surface area (Å²) < 4.78 is 1.52. The van der Waals surface area contributed by atoms with Gasteiger partial charge >= 0.3 is 5.82 Å². The second-order valence-corrected chi connectivity index (χ2v) is 5.12. The quantitative estimate of drug-likeness (QED) is 0.670. The molecule has 0 saturated heterocycles. The highest BCUT2D eigenvalue weighted by molar-refractivity contribution is 7.15. The SMILES string of the molecule is CCC1CC1Nc1nc2sccn2c1[N+](=O)[O-]. The van der Waals surface area contributed by atoms with Crippen molar-refractivity contribution >= 4 is 27.9 Å². The summed E-state index contributed by atoms with van der Waals surface area (Å²) in [5.74, 6) is 1.08. The summed E-state index contributed by atoms with van der Waals surface area (Å²) in [5, 5.41) is 16.0. The number of nitro groups is 1. The Balaban J connectivity index is 1.95. The molecule has 0 amide bonds. The first-order valence-electron chi connectivity index (χ1n) is 5.57. The number of hydrogen-bond donors (Lipinski definition) is 1. The minimum atomic E-state index is -0.377. The van der Waals surface area contributed by atoms with Gasteiger partial charge in [0.1, 0.15) is 6.20 Å². The molecule has 3 rings (SSSR count). The van der Waals surface area contributed by atoms with E-state index < -0.39 is 0 Å². The van der Waals surface area contributed by atoms with Crippen molar-refractivity contribution < 1.29 is 4.92 Å². The molecule has 1 saturated carbocycles. The number of rotatable bonds is 4. The molecule has 2 heterocycles. The van der Waals surface area contributed by atoms with Crippen LogP contribution in [0.5, 0.6) is 0 Å². The molecule has 0 bridgehead atoms. The minimum absolute atomic E-state index is 0.0444. The van der Waals surface area contributed by atoms with Crippen molar-refractivity contribution in [2.45, 2.75) is 25.8 Å². The van der Waals surface area contributed by atoms with Gasteiger partial charge in [-0.15, -0.1) is 0 Å². The van der Waals surface area contributed by atoms with Gasteiger partial charge in [0.2, 0.25) is 5.82 Å². The first-order chi connectivity index (χ1) is 8.20. The fourth-order valence-corrected chi connectivity index (χ4v) is 2.81. The normalized spacial score (nSPS) is 22.9. The maximum atomic E-state index is 11.1. The van der Waals surface area contributed by atoms with Crippen LogP contribution in [0.15, 0.2) is 11.6 Å². The molecule has 1 aliphatic carbocycles. The van der Waals surface area contributed by atoms with E-state index in [9.17, 15) is 10.1 Å². The average Bonchev–Trinajstić information content (AvgIpc) is 2.69. The van der Waals surface area contributed by atoms with E-state index >= 15 is 0 Å². The van der Waals surface area contributed by atoms with Crippen LogP contribution < -0.4 is 5.32 Å². The van der Waals surface area contributed by atoms with E-state index in [0.29, 0.717) is 22.7 Å². The lowest BCUT2D eigenvalue weighted by Gasteiger charge is -2.01. The zero-order valence-electron chi connectivity index (χ0n) is 9.29. The second-order valence-electron chi connectivity index (χ2n) is 4.25. The molecule has 1 fully saturated rings. The maximum absolute atomic E-state index is 11.1. The van der Waals surface area contributed by atoms with Crippen LogP contribution in [-0.4, -0.2) is 20.3 Å². The largest absolute Gasteiger partial charge is 0.372 e. The second kappa shape index (κ2) is 3.69. The van der Waals surface area contributed by atoms with Crippen molar-refractivity contribution in [3.05, 3.63) is 21.7 Å². The van der Waals surface area contributed by atoms with Crippen LogP contribution in [0.3, 0.4) is 0 Å². The van der Waals surface area contributed by atoms with E-state index in [-0.39, 0.29) is 10.7 Å². The van der Waals surface area contributed by atoms with Crippen LogP contribution in [0.1, 0.15) is 19.8 Å². The summed E-state index contributed by atoms with van der Waals surface area (Å²) in [6.07, 6.45) is 3.87. The Morgan fingerprint density at radius 3 is 3.24 bits per heavy atom. The molecule has 0 aliphatic heterocycles. The van der Waals surface area contributed by atoms with E-state index in [0.717, 1.165) is 12.8 Å². The van der Waals surface area contributed by atoms with Gasteiger partial charge < -0.3 is 15.4 Å². The smallest absolute Gasteiger partial charge is 0.360 e. The molecule has 2 unspecified atom stereocenters. The molecule has 0 radical (unpaired) electrons. The van der Waals surface area contributed by atoms with Crippen molar-refractivity contribution in [2.75, 3.05) is 5.32 Å². The zero-order chi connectivity index (χ0) is 12.0. The fraction of sp³-hybridized carbons (Fsp3) is 0.500.